The minimum Gasteiger partial charge on any atom is -0.481 e. The summed E-state index contributed by atoms with van der Waals surface area (Å²) in [5, 5.41) is 11.5. The lowest BCUT2D eigenvalue weighted by Gasteiger charge is -2.19. The van der Waals surface area contributed by atoms with Gasteiger partial charge in [-0.1, -0.05) is 0 Å². The molecule has 0 saturated carbocycles. The highest BCUT2D eigenvalue weighted by Gasteiger charge is 2.16. The van der Waals surface area contributed by atoms with Crippen molar-refractivity contribution in [3.63, 3.8) is 0 Å². The van der Waals surface area contributed by atoms with E-state index in [0.29, 0.717) is 12.8 Å². The van der Waals surface area contributed by atoms with Crippen molar-refractivity contribution in [2.24, 2.45) is 0 Å². The predicted molar refractivity (Wildman–Crippen MR) is 70.8 cm³/mol. The van der Waals surface area contributed by atoms with E-state index in [0.717, 1.165) is 5.69 Å². The largest absolute Gasteiger partial charge is 0.481 e. The van der Waals surface area contributed by atoms with Gasteiger partial charge >= 0.3 is 5.97 Å². The van der Waals surface area contributed by atoms with Crippen molar-refractivity contribution in [1.29, 1.82) is 0 Å². The van der Waals surface area contributed by atoms with Gasteiger partial charge in [-0.3, -0.25) is 9.59 Å². The summed E-state index contributed by atoms with van der Waals surface area (Å²) in [6.07, 6.45) is 4.56. The number of carboxylic acid groups (broad SMARTS) is 1. The van der Waals surface area contributed by atoms with E-state index >= 15 is 0 Å². The van der Waals surface area contributed by atoms with Gasteiger partial charge in [-0.05, 0) is 20.3 Å². The Morgan fingerprint density at radius 1 is 1.47 bits per heavy atom. The molecule has 0 bridgehead atoms. The van der Waals surface area contributed by atoms with Crippen molar-refractivity contribution in [3.05, 3.63) is 18.2 Å². The summed E-state index contributed by atoms with van der Waals surface area (Å²) in [5.41, 5.74) is 0.999. The molecule has 1 aromatic heterocycles. The van der Waals surface area contributed by atoms with Crippen LogP contribution in [-0.2, 0) is 16.0 Å². The SMILES string of the molecule is CC(=O)NC(CCC(=O)O)Cc1cncn1C(C)C. The third-order valence-electron chi connectivity index (χ3n) is 2.87. The zero-order valence-corrected chi connectivity index (χ0v) is 11.6. The molecular formula is C13H21N3O3. The van der Waals surface area contributed by atoms with Gasteiger partial charge in [0.2, 0.25) is 5.91 Å². The number of nitrogens with zero attached hydrogens (tertiary/aromatic N) is 2. The Kier molecular flexibility index (Phi) is 5.54. The van der Waals surface area contributed by atoms with Crippen molar-refractivity contribution in [1.82, 2.24) is 14.9 Å². The second-order valence-corrected chi connectivity index (χ2v) is 4.92. The Morgan fingerprint density at radius 2 is 2.16 bits per heavy atom. The van der Waals surface area contributed by atoms with Crippen molar-refractivity contribution in [2.45, 2.75) is 52.1 Å². The number of carboxylic acids is 1. The molecule has 0 spiro atoms. The van der Waals surface area contributed by atoms with Crippen molar-refractivity contribution in [2.75, 3.05) is 0 Å². The normalized spacial score (nSPS) is 12.4. The summed E-state index contributed by atoms with van der Waals surface area (Å²) in [5.74, 6) is -1.00. The fourth-order valence-corrected chi connectivity index (χ4v) is 2.02. The maximum Gasteiger partial charge on any atom is 0.303 e. The Balaban J connectivity index is 2.72. The quantitative estimate of drug-likeness (QED) is 0.781. The number of nitrogens with one attached hydrogen (secondary N) is 1. The molecule has 1 atom stereocenters. The first-order valence-electron chi connectivity index (χ1n) is 6.39. The zero-order valence-electron chi connectivity index (χ0n) is 11.6. The molecule has 1 heterocycles. The molecule has 0 saturated heterocycles. The smallest absolute Gasteiger partial charge is 0.303 e. The molecule has 6 nitrogen and oxygen atoms in total. The number of aliphatic carboxylic acids is 1. The average molecular weight is 267 g/mol. The van der Waals surface area contributed by atoms with Gasteiger partial charge in [0.15, 0.2) is 0 Å². The third kappa shape index (κ3) is 5.11. The molecule has 2 N–H and O–H groups in total. The van der Waals surface area contributed by atoms with E-state index in [1.54, 1.807) is 12.5 Å². The van der Waals surface area contributed by atoms with Crippen LogP contribution in [0.5, 0.6) is 0 Å². The molecule has 0 aliphatic rings. The van der Waals surface area contributed by atoms with Crippen LogP contribution in [0.15, 0.2) is 12.5 Å². The number of hydrogen-bond acceptors (Lipinski definition) is 3. The molecule has 0 radical (unpaired) electrons. The number of rotatable bonds is 7. The average Bonchev–Trinajstić information content (AvgIpc) is 2.73. The maximum atomic E-state index is 11.2. The summed E-state index contributed by atoms with van der Waals surface area (Å²) in [7, 11) is 0. The highest BCUT2D eigenvalue weighted by atomic mass is 16.4. The van der Waals surface area contributed by atoms with Crippen LogP contribution in [0.2, 0.25) is 0 Å². The number of aromatic nitrogens is 2. The lowest BCUT2D eigenvalue weighted by atomic mass is 10.1. The van der Waals surface area contributed by atoms with Gasteiger partial charge in [-0.2, -0.15) is 0 Å². The number of carbonyl (C=O) groups is 2. The molecule has 19 heavy (non-hydrogen) atoms. The van der Waals surface area contributed by atoms with Gasteiger partial charge in [0.05, 0.1) is 6.33 Å². The summed E-state index contributed by atoms with van der Waals surface area (Å²) < 4.78 is 2.02. The molecule has 0 aliphatic heterocycles. The summed E-state index contributed by atoms with van der Waals surface area (Å²) in [6, 6.07) is 0.109. The van der Waals surface area contributed by atoms with Gasteiger partial charge in [0.1, 0.15) is 0 Å². The molecule has 1 rings (SSSR count). The highest BCUT2D eigenvalue weighted by Crippen LogP contribution is 2.13. The summed E-state index contributed by atoms with van der Waals surface area (Å²) >= 11 is 0. The van der Waals surface area contributed by atoms with Crippen molar-refractivity contribution in [3.8, 4) is 0 Å². The van der Waals surface area contributed by atoms with Crippen LogP contribution in [0.1, 0.15) is 45.3 Å². The van der Waals surface area contributed by atoms with E-state index in [1.165, 1.54) is 6.92 Å². The number of amides is 1. The van der Waals surface area contributed by atoms with Crippen LogP contribution in [0.25, 0.3) is 0 Å². The van der Waals surface area contributed by atoms with Crippen LogP contribution < -0.4 is 5.32 Å². The highest BCUT2D eigenvalue weighted by molar-refractivity contribution is 5.73. The minimum atomic E-state index is -0.854. The van der Waals surface area contributed by atoms with E-state index in [4.69, 9.17) is 5.11 Å². The molecule has 6 heteroatoms. The second-order valence-electron chi connectivity index (χ2n) is 4.92. The number of imidazole rings is 1. The molecule has 106 valence electrons. The van der Waals surface area contributed by atoms with Crippen LogP contribution in [0, 0.1) is 0 Å². The van der Waals surface area contributed by atoms with Gasteiger partial charge in [0.25, 0.3) is 0 Å². The van der Waals surface area contributed by atoms with Gasteiger partial charge < -0.3 is 15.0 Å². The number of hydrogen-bond donors (Lipinski definition) is 2. The lowest BCUT2D eigenvalue weighted by Crippen LogP contribution is -2.35. The molecule has 0 fully saturated rings. The van der Waals surface area contributed by atoms with Gasteiger partial charge in [-0.15, -0.1) is 0 Å². The second kappa shape index (κ2) is 6.92. The first-order chi connectivity index (χ1) is 8.90. The van der Waals surface area contributed by atoms with Crippen LogP contribution in [0.4, 0.5) is 0 Å². The Hall–Kier alpha value is -1.85. The van der Waals surface area contributed by atoms with E-state index in [9.17, 15) is 9.59 Å². The summed E-state index contributed by atoms with van der Waals surface area (Å²) in [4.78, 5) is 25.9. The van der Waals surface area contributed by atoms with Crippen molar-refractivity contribution >= 4 is 11.9 Å². The number of carbonyl (C=O) groups excluding carboxylic acids is 1. The molecule has 1 unspecified atom stereocenters. The Morgan fingerprint density at radius 3 is 2.68 bits per heavy atom. The van der Waals surface area contributed by atoms with Gasteiger partial charge in [0, 0.05) is 43.7 Å². The van der Waals surface area contributed by atoms with Gasteiger partial charge in [-0.25, -0.2) is 4.98 Å². The Labute approximate surface area is 112 Å². The van der Waals surface area contributed by atoms with E-state index in [-0.39, 0.29) is 24.4 Å². The zero-order chi connectivity index (χ0) is 14.4. The fraction of sp³-hybridized carbons (Fsp3) is 0.615. The molecule has 0 aliphatic carbocycles. The molecular weight excluding hydrogens is 246 g/mol. The standard InChI is InChI=1S/C13H21N3O3/c1-9(2)16-8-14-7-12(16)6-11(15-10(3)17)4-5-13(18)19/h7-9,11H,4-6H2,1-3H3,(H,15,17)(H,18,19). The fourth-order valence-electron chi connectivity index (χ4n) is 2.02. The maximum absolute atomic E-state index is 11.2. The minimum absolute atomic E-state index is 0.0424. The van der Waals surface area contributed by atoms with E-state index in [2.05, 4.69) is 24.1 Å². The van der Waals surface area contributed by atoms with E-state index < -0.39 is 5.97 Å². The lowest BCUT2D eigenvalue weighted by molar-refractivity contribution is -0.137. The van der Waals surface area contributed by atoms with Crippen LogP contribution in [-0.4, -0.2) is 32.6 Å². The van der Waals surface area contributed by atoms with E-state index in [1.807, 2.05) is 4.57 Å². The summed E-state index contributed by atoms with van der Waals surface area (Å²) in [6.45, 7) is 5.54. The molecule has 0 aromatic carbocycles. The monoisotopic (exact) mass is 267 g/mol. The van der Waals surface area contributed by atoms with Crippen molar-refractivity contribution < 1.29 is 14.7 Å². The molecule has 1 aromatic rings. The Bertz CT molecular complexity index is 440. The predicted octanol–water partition coefficient (Wildman–Crippen LogP) is 1.38. The topological polar surface area (TPSA) is 84.2 Å². The van der Waals surface area contributed by atoms with Crippen LogP contribution >= 0.6 is 0 Å². The first-order valence-corrected chi connectivity index (χ1v) is 6.39. The first kappa shape index (κ1) is 15.2. The molecule has 1 amide bonds. The third-order valence-corrected chi connectivity index (χ3v) is 2.87. The van der Waals surface area contributed by atoms with Crippen LogP contribution in [0.3, 0.4) is 0 Å².